The highest BCUT2D eigenvalue weighted by molar-refractivity contribution is 6.29. The molecule has 2 rings (SSSR count). The van der Waals surface area contributed by atoms with Gasteiger partial charge in [0.25, 0.3) is 5.91 Å². The number of amides is 1. The van der Waals surface area contributed by atoms with E-state index in [0.717, 1.165) is 0 Å². The summed E-state index contributed by atoms with van der Waals surface area (Å²) in [6, 6.07) is 3.26. The van der Waals surface area contributed by atoms with Gasteiger partial charge in [-0.2, -0.15) is 5.10 Å². The molecule has 0 atom stereocenters. The van der Waals surface area contributed by atoms with Gasteiger partial charge in [-0.3, -0.25) is 4.79 Å². The lowest BCUT2D eigenvalue weighted by molar-refractivity contribution is -0.112. The van der Waals surface area contributed by atoms with Crippen LogP contribution in [0.3, 0.4) is 0 Å². The van der Waals surface area contributed by atoms with E-state index < -0.39 is 5.91 Å². The van der Waals surface area contributed by atoms with Crippen LogP contribution in [0.15, 0.2) is 24.5 Å². The molecule has 6 nitrogen and oxygen atoms in total. The maximum atomic E-state index is 10.5. The maximum Gasteiger partial charge on any atom is 0.293 e. The summed E-state index contributed by atoms with van der Waals surface area (Å²) in [6.45, 7) is 0. The van der Waals surface area contributed by atoms with Crippen LogP contribution in [0.5, 0.6) is 0 Å². The Balaban J connectivity index is 2.28. The van der Waals surface area contributed by atoms with Crippen LogP contribution in [0.1, 0.15) is 5.56 Å². The quantitative estimate of drug-likeness (QED) is 0.727. The molecule has 0 bridgehead atoms. The molecule has 0 saturated heterocycles. The van der Waals surface area contributed by atoms with Crippen LogP contribution in [0.4, 0.5) is 0 Å². The molecule has 84 valence electrons. The van der Waals surface area contributed by atoms with Crippen molar-refractivity contribution in [1.29, 1.82) is 0 Å². The van der Waals surface area contributed by atoms with Crippen LogP contribution in [0.25, 0.3) is 5.82 Å². The number of primary amides is 1. The molecular formula is C10H6ClN5O. The minimum atomic E-state index is -0.691. The average Bonchev–Trinajstić information content (AvgIpc) is 2.76. The first-order valence-corrected chi connectivity index (χ1v) is 4.88. The second-order valence-corrected chi connectivity index (χ2v) is 3.39. The van der Waals surface area contributed by atoms with E-state index in [2.05, 4.69) is 27.1 Å². The van der Waals surface area contributed by atoms with Crippen molar-refractivity contribution >= 4 is 17.5 Å². The van der Waals surface area contributed by atoms with Crippen molar-refractivity contribution in [2.45, 2.75) is 0 Å². The van der Waals surface area contributed by atoms with Crippen molar-refractivity contribution < 1.29 is 4.79 Å². The van der Waals surface area contributed by atoms with Gasteiger partial charge >= 0.3 is 0 Å². The largest absolute Gasteiger partial charge is 0.359 e. The Hall–Kier alpha value is -2.39. The first-order valence-electron chi connectivity index (χ1n) is 4.51. The molecule has 0 unspecified atom stereocenters. The second kappa shape index (κ2) is 4.63. The van der Waals surface area contributed by atoms with Gasteiger partial charge < -0.3 is 5.73 Å². The van der Waals surface area contributed by atoms with Gasteiger partial charge in [-0.15, -0.1) is 10.2 Å². The van der Waals surface area contributed by atoms with Crippen LogP contribution >= 0.6 is 11.6 Å². The van der Waals surface area contributed by atoms with Crippen molar-refractivity contribution in [1.82, 2.24) is 20.0 Å². The number of carbonyl (C=O) groups excluding carboxylic acids is 1. The smallest absolute Gasteiger partial charge is 0.293 e. The fourth-order valence-corrected chi connectivity index (χ4v) is 1.18. The Bertz CT molecular complexity index is 608. The lowest BCUT2D eigenvalue weighted by Gasteiger charge is -1.96. The molecule has 17 heavy (non-hydrogen) atoms. The van der Waals surface area contributed by atoms with E-state index in [4.69, 9.17) is 17.3 Å². The van der Waals surface area contributed by atoms with Gasteiger partial charge in [0.2, 0.25) is 0 Å². The third-order valence-corrected chi connectivity index (χ3v) is 1.97. The zero-order valence-electron chi connectivity index (χ0n) is 8.46. The fourth-order valence-electron chi connectivity index (χ4n) is 1.08. The zero-order chi connectivity index (χ0) is 12.3. The van der Waals surface area contributed by atoms with Crippen LogP contribution < -0.4 is 5.73 Å². The topological polar surface area (TPSA) is 86.7 Å². The van der Waals surface area contributed by atoms with Crippen LogP contribution in [-0.2, 0) is 4.79 Å². The highest BCUT2D eigenvalue weighted by Gasteiger charge is 2.01. The summed E-state index contributed by atoms with van der Waals surface area (Å²) < 4.78 is 1.47. The van der Waals surface area contributed by atoms with Gasteiger partial charge in [0, 0.05) is 12.1 Å². The molecule has 0 aliphatic rings. The second-order valence-electron chi connectivity index (χ2n) is 3.00. The number of hydrogen-bond donors (Lipinski definition) is 1. The maximum absolute atomic E-state index is 10.5. The SMILES string of the molecule is NC(=O)C#Cc1cnn(-c2ccc(Cl)nn2)c1. The van der Waals surface area contributed by atoms with E-state index in [0.29, 0.717) is 16.5 Å². The third-order valence-electron chi connectivity index (χ3n) is 1.77. The van der Waals surface area contributed by atoms with Crippen LogP contribution in [-0.4, -0.2) is 25.9 Å². The van der Waals surface area contributed by atoms with E-state index in [1.807, 2.05) is 0 Å². The van der Waals surface area contributed by atoms with Crippen molar-refractivity contribution in [3.63, 3.8) is 0 Å². The highest BCUT2D eigenvalue weighted by Crippen LogP contribution is 2.06. The number of aromatic nitrogens is 4. The first-order chi connectivity index (χ1) is 8.15. The lowest BCUT2D eigenvalue weighted by Crippen LogP contribution is -2.06. The highest BCUT2D eigenvalue weighted by atomic mass is 35.5. The Labute approximate surface area is 101 Å². The van der Waals surface area contributed by atoms with Crippen LogP contribution in [0.2, 0.25) is 5.15 Å². The molecule has 2 aromatic heterocycles. The average molecular weight is 248 g/mol. The van der Waals surface area contributed by atoms with Crippen LogP contribution in [0, 0.1) is 11.8 Å². The summed E-state index contributed by atoms with van der Waals surface area (Å²) >= 11 is 5.61. The monoisotopic (exact) mass is 247 g/mol. The molecule has 2 heterocycles. The molecule has 0 aliphatic carbocycles. The van der Waals surface area contributed by atoms with Gasteiger partial charge in [0.05, 0.1) is 11.8 Å². The molecular weight excluding hydrogens is 242 g/mol. The summed E-state index contributed by atoms with van der Waals surface area (Å²) in [5.41, 5.74) is 5.45. The Morgan fingerprint density at radius 1 is 1.41 bits per heavy atom. The number of nitrogens with two attached hydrogens (primary N) is 1. The summed E-state index contributed by atoms with van der Waals surface area (Å²) in [5, 5.41) is 11.8. The van der Waals surface area contributed by atoms with Crippen molar-refractivity contribution in [3.8, 4) is 17.7 Å². The first kappa shape index (κ1) is 11.1. The van der Waals surface area contributed by atoms with Gasteiger partial charge in [-0.05, 0) is 12.1 Å². The number of hydrogen-bond acceptors (Lipinski definition) is 4. The zero-order valence-corrected chi connectivity index (χ0v) is 9.22. The molecule has 2 aromatic rings. The molecule has 0 radical (unpaired) electrons. The number of rotatable bonds is 1. The van der Waals surface area contributed by atoms with Crippen molar-refractivity contribution in [2.24, 2.45) is 5.73 Å². The normalized spacial score (nSPS) is 9.47. The Morgan fingerprint density at radius 3 is 2.88 bits per heavy atom. The minimum absolute atomic E-state index is 0.301. The summed E-state index contributed by atoms with van der Waals surface area (Å²) in [5.74, 6) is 4.59. The molecule has 7 heteroatoms. The van der Waals surface area contributed by atoms with Gasteiger partial charge in [0.1, 0.15) is 0 Å². The standard InChI is InChI=1S/C10H6ClN5O/c11-8-2-4-10(15-14-8)16-6-7(5-13-16)1-3-9(12)17/h2,4-6H,(H2,12,17). The van der Waals surface area contributed by atoms with Crippen molar-refractivity contribution in [3.05, 3.63) is 35.2 Å². The molecule has 0 saturated carbocycles. The third kappa shape index (κ3) is 2.80. The Morgan fingerprint density at radius 2 is 2.24 bits per heavy atom. The van der Waals surface area contributed by atoms with Gasteiger partial charge in [-0.1, -0.05) is 17.5 Å². The van der Waals surface area contributed by atoms with E-state index >= 15 is 0 Å². The molecule has 0 aromatic carbocycles. The Kier molecular flexibility index (Phi) is 3.03. The molecule has 0 spiro atoms. The number of nitrogens with zero attached hydrogens (tertiary/aromatic N) is 4. The molecule has 2 N–H and O–H groups in total. The van der Waals surface area contributed by atoms with Crippen molar-refractivity contribution in [2.75, 3.05) is 0 Å². The lowest BCUT2D eigenvalue weighted by atomic mass is 10.3. The number of carbonyl (C=O) groups is 1. The van der Waals surface area contributed by atoms with E-state index in [1.54, 1.807) is 18.3 Å². The van der Waals surface area contributed by atoms with Gasteiger partial charge in [-0.25, -0.2) is 4.68 Å². The predicted octanol–water partition coefficient (Wildman–Crippen LogP) is 0.152. The predicted molar refractivity (Wildman–Crippen MR) is 60.2 cm³/mol. The molecule has 0 fully saturated rings. The summed E-state index contributed by atoms with van der Waals surface area (Å²) in [7, 11) is 0. The summed E-state index contributed by atoms with van der Waals surface area (Å²) in [6.07, 6.45) is 3.10. The van der Waals surface area contributed by atoms with E-state index in [-0.39, 0.29) is 0 Å². The fraction of sp³-hybridized carbons (Fsp3) is 0. The molecule has 1 amide bonds. The van der Waals surface area contributed by atoms with Gasteiger partial charge in [0.15, 0.2) is 11.0 Å². The van der Waals surface area contributed by atoms with E-state index in [9.17, 15) is 4.79 Å². The minimum Gasteiger partial charge on any atom is -0.359 e. The van der Waals surface area contributed by atoms with E-state index in [1.165, 1.54) is 10.9 Å². The molecule has 0 aliphatic heterocycles. The number of halogens is 1. The summed E-state index contributed by atoms with van der Waals surface area (Å²) in [4.78, 5) is 10.5.